The molecule has 3 saturated carbocycles. The zero-order valence-corrected chi connectivity index (χ0v) is 17.3. The topological polar surface area (TPSA) is 110 Å². The number of carboxylic acids is 1. The van der Waals surface area contributed by atoms with Crippen LogP contribution in [0, 0.1) is 28.6 Å². The lowest BCUT2D eigenvalue weighted by atomic mass is 9.46. The van der Waals surface area contributed by atoms with Crippen molar-refractivity contribution in [1.82, 2.24) is 0 Å². The molecule has 2 unspecified atom stereocenters. The van der Waals surface area contributed by atoms with Crippen molar-refractivity contribution in [2.24, 2.45) is 28.6 Å². The average Bonchev–Trinajstić information content (AvgIpc) is 2.96. The van der Waals surface area contributed by atoms with Crippen LogP contribution in [0.25, 0.3) is 0 Å². The van der Waals surface area contributed by atoms with E-state index in [0.29, 0.717) is 12.8 Å². The molecule has 3 fully saturated rings. The van der Waals surface area contributed by atoms with Gasteiger partial charge in [0.2, 0.25) is 5.60 Å². The third kappa shape index (κ3) is 2.55. The van der Waals surface area contributed by atoms with Gasteiger partial charge >= 0.3 is 12.1 Å². The van der Waals surface area contributed by atoms with E-state index in [9.17, 15) is 24.6 Å². The van der Waals surface area contributed by atoms with Crippen LogP contribution in [0.3, 0.4) is 0 Å². The van der Waals surface area contributed by atoms with Crippen molar-refractivity contribution in [3.05, 3.63) is 11.6 Å². The summed E-state index contributed by atoms with van der Waals surface area (Å²) >= 11 is 0. The second-order valence-corrected chi connectivity index (χ2v) is 9.74. The van der Waals surface area contributed by atoms with E-state index >= 15 is 0 Å². The fourth-order valence-corrected chi connectivity index (χ4v) is 7.35. The van der Waals surface area contributed by atoms with Crippen LogP contribution in [-0.4, -0.2) is 46.9 Å². The summed E-state index contributed by atoms with van der Waals surface area (Å²) in [5, 5.41) is 21.0. The van der Waals surface area contributed by atoms with E-state index in [4.69, 9.17) is 4.74 Å². The molecule has 0 aromatic rings. The molecule has 0 aliphatic heterocycles. The van der Waals surface area contributed by atoms with Crippen LogP contribution in [0.5, 0.6) is 0 Å². The number of carboxylic acid groups (broad SMARTS) is 1. The number of ketones is 1. The normalized spacial score (nSPS) is 46.1. The first kappa shape index (κ1) is 20.4. The Morgan fingerprint density at radius 2 is 1.83 bits per heavy atom. The second kappa shape index (κ2) is 6.56. The molecule has 0 aromatic heterocycles. The smallest absolute Gasteiger partial charge is 0.478 e. The minimum atomic E-state index is -1.59. The summed E-state index contributed by atoms with van der Waals surface area (Å²) in [7, 11) is 1.19. The Labute approximate surface area is 170 Å². The highest BCUT2D eigenvalue weighted by molar-refractivity contribution is 5.92. The first-order valence-electron chi connectivity index (χ1n) is 10.5. The van der Waals surface area contributed by atoms with E-state index in [2.05, 4.69) is 11.7 Å². The Morgan fingerprint density at radius 1 is 1.14 bits per heavy atom. The van der Waals surface area contributed by atoms with E-state index in [1.54, 1.807) is 6.08 Å². The standard InChI is InChI=1S/C22H30O7/c1-20-8-6-16-14(5-4-12-10-13(23)11-17(24)21(12,16)2)15(20)7-9-22(20,18(25)26)29-19(27)28-3/h10,14-17,24H,4-9,11H2,1-3H3,(H,25,26)/t14-,15-,16+,17?,20-,21-,22?/m0/s1. The molecular weight excluding hydrogens is 376 g/mol. The molecule has 0 saturated heterocycles. The molecule has 0 bridgehead atoms. The second-order valence-electron chi connectivity index (χ2n) is 9.74. The van der Waals surface area contributed by atoms with Crippen molar-refractivity contribution >= 4 is 17.9 Å². The molecule has 0 radical (unpaired) electrons. The number of rotatable bonds is 2. The Bertz CT molecular complexity index is 788. The number of aliphatic carboxylic acids is 1. The number of methoxy groups -OCH3 is 1. The van der Waals surface area contributed by atoms with E-state index in [1.165, 1.54) is 7.11 Å². The summed E-state index contributed by atoms with van der Waals surface area (Å²) < 4.78 is 10.1. The number of hydrogen-bond acceptors (Lipinski definition) is 6. The minimum Gasteiger partial charge on any atom is -0.478 e. The number of hydrogen-bond donors (Lipinski definition) is 2. The molecule has 7 heteroatoms. The number of fused-ring (bicyclic) bond motifs is 5. The van der Waals surface area contributed by atoms with Gasteiger partial charge in [0.15, 0.2) is 5.78 Å². The molecule has 4 aliphatic carbocycles. The summed E-state index contributed by atoms with van der Waals surface area (Å²) in [5.74, 6) is -0.642. The summed E-state index contributed by atoms with van der Waals surface area (Å²) in [6.07, 6.45) is 4.06. The zero-order chi connectivity index (χ0) is 21.2. The van der Waals surface area contributed by atoms with Crippen LogP contribution in [-0.2, 0) is 19.1 Å². The molecule has 0 amide bonds. The van der Waals surface area contributed by atoms with Crippen LogP contribution in [0.2, 0.25) is 0 Å². The number of carbonyl (C=O) groups is 3. The van der Waals surface area contributed by atoms with Gasteiger partial charge in [-0.2, -0.15) is 0 Å². The average molecular weight is 406 g/mol. The Kier molecular flexibility index (Phi) is 4.61. The molecule has 4 aliphatic rings. The van der Waals surface area contributed by atoms with Crippen molar-refractivity contribution in [3.8, 4) is 0 Å². The Hall–Kier alpha value is -1.89. The van der Waals surface area contributed by atoms with Crippen molar-refractivity contribution in [1.29, 1.82) is 0 Å². The summed E-state index contributed by atoms with van der Waals surface area (Å²) in [6.45, 7) is 4.01. The molecule has 7 atom stereocenters. The van der Waals surface area contributed by atoms with Gasteiger partial charge in [0.05, 0.1) is 13.2 Å². The first-order chi connectivity index (χ1) is 13.6. The quantitative estimate of drug-likeness (QED) is 0.678. The van der Waals surface area contributed by atoms with E-state index in [-0.39, 0.29) is 36.4 Å². The first-order valence-corrected chi connectivity index (χ1v) is 10.5. The molecule has 0 aromatic carbocycles. The highest BCUT2D eigenvalue weighted by atomic mass is 16.7. The molecular formula is C22H30O7. The molecule has 0 spiro atoms. The van der Waals surface area contributed by atoms with Gasteiger partial charge in [-0.3, -0.25) is 4.79 Å². The lowest BCUT2D eigenvalue weighted by Gasteiger charge is -2.59. The van der Waals surface area contributed by atoms with Gasteiger partial charge in [-0.15, -0.1) is 0 Å². The SMILES string of the molecule is COC(=O)OC1(C(=O)O)CC[C@H]2[C@@H]3CCC4=CC(=O)CC(O)[C@]4(C)[C@@H]3CC[C@@]21C. The highest BCUT2D eigenvalue weighted by Gasteiger charge is 2.70. The minimum absolute atomic E-state index is 0.0127. The molecule has 0 heterocycles. The third-order valence-corrected chi connectivity index (χ3v) is 8.96. The van der Waals surface area contributed by atoms with Crippen molar-refractivity contribution in [3.63, 3.8) is 0 Å². The zero-order valence-electron chi connectivity index (χ0n) is 17.3. The Morgan fingerprint density at radius 3 is 2.48 bits per heavy atom. The van der Waals surface area contributed by atoms with Crippen LogP contribution < -0.4 is 0 Å². The maximum atomic E-state index is 12.4. The van der Waals surface area contributed by atoms with Crippen molar-refractivity contribution in [2.45, 2.75) is 70.5 Å². The predicted octanol–water partition coefficient (Wildman–Crippen LogP) is 3.10. The van der Waals surface area contributed by atoms with Gasteiger partial charge in [0, 0.05) is 17.3 Å². The van der Waals surface area contributed by atoms with Gasteiger partial charge in [0.1, 0.15) is 0 Å². The molecule has 2 N–H and O–H groups in total. The number of carbonyl (C=O) groups excluding carboxylic acids is 2. The summed E-state index contributed by atoms with van der Waals surface area (Å²) in [6, 6.07) is 0. The largest absolute Gasteiger partial charge is 0.509 e. The van der Waals surface area contributed by atoms with Gasteiger partial charge in [-0.05, 0) is 62.4 Å². The number of ether oxygens (including phenoxy) is 2. The number of aliphatic hydroxyl groups excluding tert-OH is 1. The van der Waals surface area contributed by atoms with Gasteiger partial charge in [-0.25, -0.2) is 9.59 Å². The maximum Gasteiger partial charge on any atom is 0.509 e. The Balaban J connectivity index is 1.71. The molecule has 7 nitrogen and oxygen atoms in total. The maximum absolute atomic E-state index is 12.4. The highest BCUT2D eigenvalue weighted by Crippen LogP contribution is 2.68. The molecule has 160 valence electrons. The van der Waals surface area contributed by atoms with Crippen molar-refractivity contribution < 1.29 is 34.1 Å². The van der Waals surface area contributed by atoms with Crippen LogP contribution >= 0.6 is 0 Å². The van der Waals surface area contributed by atoms with Crippen LogP contribution in [0.4, 0.5) is 4.79 Å². The lowest BCUT2D eigenvalue weighted by Crippen LogP contribution is -2.60. The number of aliphatic hydroxyl groups is 1. The summed E-state index contributed by atoms with van der Waals surface area (Å²) in [5.41, 5.74) is -1.69. The fraction of sp³-hybridized carbons (Fsp3) is 0.773. The third-order valence-electron chi connectivity index (χ3n) is 8.96. The fourth-order valence-electron chi connectivity index (χ4n) is 7.35. The van der Waals surface area contributed by atoms with E-state index in [1.807, 2.05) is 6.92 Å². The van der Waals surface area contributed by atoms with E-state index in [0.717, 1.165) is 24.8 Å². The van der Waals surface area contributed by atoms with Gasteiger partial charge < -0.3 is 19.7 Å². The summed E-state index contributed by atoms with van der Waals surface area (Å²) in [4.78, 5) is 36.3. The lowest BCUT2D eigenvalue weighted by molar-refractivity contribution is -0.187. The van der Waals surface area contributed by atoms with Crippen LogP contribution in [0.1, 0.15) is 58.8 Å². The van der Waals surface area contributed by atoms with Gasteiger partial charge in [-0.1, -0.05) is 19.4 Å². The molecule has 29 heavy (non-hydrogen) atoms. The van der Waals surface area contributed by atoms with Crippen molar-refractivity contribution in [2.75, 3.05) is 7.11 Å². The van der Waals surface area contributed by atoms with Crippen LogP contribution in [0.15, 0.2) is 11.6 Å². The van der Waals surface area contributed by atoms with E-state index < -0.39 is 34.7 Å². The monoisotopic (exact) mass is 406 g/mol. The van der Waals surface area contributed by atoms with Gasteiger partial charge in [0.25, 0.3) is 0 Å². The predicted molar refractivity (Wildman–Crippen MR) is 102 cm³/mol. The molecule has 4 rings (SSSR count).